The van der Waals surface area contributed by atoms with Crippen molar-refractivity contribution in [3.8, 4) is 11.6 Å². The highest BCUT2D eigenvalue weighted by molar-refractivity contribution is 7.89. The number of aryl methyl sites for hydroxylation is 1. The van der Waals surface area contributed by atoms with E-state index >= 15 is 0 Å². The fourth-order valence-corrected chi connectivity index (χ4v) is 4.01. The molecule has 1 amide bonds. The van der Waals surface area contributed by atoms with Crippen LogP contribution in [-0.2, 0) is 14.8 Å². The van der Waals surface area contributed by atoms with Crippen LogP contribution in [0, 0.1) is 6.92 Å². The Bertz CT molecular complexity index is 939. The lowest BCUT2D eigenvalue weighted by molar-refractivity contribution is -0.117. The zero-order valence-electron chi connectivity index (χ0n) is 14.1. The van der Waals surface area contributed by atoms with Crippen molar-refractivity contribution in [2.45, 2.75) is 17.9 Å². The number of amides is 1. The second-order valence-electron chi connectivity index (χ2n) is 5.81. The van der Waals surface area contributed by atoms with Gasteiger partial charge in [-0.05, 0) is 25.1 Å². The Morgan fingerprint density at radius 1 is 1.38 bits per heavy atom. The van der Waals surface area contributed by atoms with Crippen LogP contribution in [0.25, 0.3) is 0 Å². The second kappa shape index (κ2) is 7.22. The molecule has 0 spiro atoms. The molecule has 1 aliphatic rings. The second-order valence-corrected chi connectivity index (χ2v) is 7.75. The molecule has 26 heavy (non-hydrogen) atoms. The molecule has 3 rings (SSSR count). The lowest BCUT2D eigenvalue weighted by Gasteiger charge is -2.38. The van der Waals surface area contributed by atoms with E-state index in [1.807, 2.05) is 0 Å². The van der Waals surface area contributed by atoms with Crippen LogP contribution in [0.4, 0.5) is 0 Å². The molecule has 8 nitrogen and oxygen atoms in total. The van der Waals surface area contributed by atoms with Gasteiger partial charge >= 0.3 is 0 Å². The Morgan fingerprint density at radius 2 is 2.15 bits per heavy atom. The number of ether oxygens (including phenoxy) is 1. The smallest absolute Gasteiger partial charge is 0.243 e. The molecule has 1 N–H and O–H groups in total. The largest absolute Gasteiger partial charge is 0.437 e. The molecule has 1 aromatic heterocycles. The molecule has 2 aromatic rings. The molecule has 0 atom stereocenters. The average Bonchev–Trinajstić information content (AvgIpc) is 2.57. The van der Waals surface area contributed by atoms with Gasteiger partial charge in [0.15, 0.2) is 0 Å². The summed E-state index contributed by atoms with van der Waals surface area (Å²) in [5.74, 6) is 0.320. The van der Waals surface area contributed by atoms with Gasteiger partial charge in [0.25, 0.3) is 0 Å². The van der Waals surface area contributed by atoms with Crippen molar-refractivity contribution in [1.82, 2.24) is 19.6 Å². The van der Waals surface area contributed by atoms with Gasteiger partial charge in [0, 0.05) is 25.4 Å². The van der Waals surface area contributed by atoms with E-state index in [1.165, 1.54) is 22.6 Å². The Kier molecular flexibility index (Phi) is 5.01. The van der Waals surface area contributed by atoms with Crippen LogP contribution in [0.5, 0.6) is 11.6 Å². The number of carbonyl (C=O) groups is 1. The van der Waals surface area contributed by atoms with Crippen LogP contribution in [-0.4, -0.2) is 47.7 Å². The molecule has 1 aromatic carbocycles. The molecule has 136 valence electrons. The van der Waals surface area contributed by atoms with Gasteiger partial charge in [-0.1, -0.05) is 12.6 Å². The van der Waals surface area contributed by atoms with Crippen LogP contribution in [0.15, 0.2) is 54.2 Å². The minimum absolute atomic E-state index is 0.115. The highest BCUT2D eigenvalue weighted by atomic mass is 32.2. The van der Waals surface area contributed by atoms with Gasteiger partial charge in [0.2, 0.25) is 21.8 Å². The number of nitrogens with zero attached hydrogens (tertiary/aromatic N) is 3. The van der Waals surface area contributed by atoms with Crippen molar-refractivity contribution in [2.75, 3.05) is 13.1 Å². The van der Waals surface area contributed by atoms with Crippen molar-refractivity contribution >= 4 is 15.9 Å². The Hall–Kier alpha value is -2.78. The minimum Gasteiger partial charge on any atom is -0.437 e. The van der Waals surface area contributed by atoms with Crippen molar-refractivity contribution < 1.29 is 17.9 Å². The zero-order valence-corrected chi connectivity index (χ0v) is 14.9. The van der Waals surface area contributed by atoms with Crippen LogP contribution in [0.2, 0.25) is 0 Å². The summed E-state index contributed by atoms with van der Waals surface area (Å²) in [6.07, 6.45) is 4.21. The van der Waals surface area contributed by atoms with E-state index in [4.69, 9.17) is 4.74 Å². The average molecular weight is 374 g/mol. The third-order valence-corrected chi connectivity index (χ3v) is 5.61. The number of sulfonamides is 1. The predicted molar refractivity (Wildman–Crippen MR) is 94.2 cm³/mol. The fraction of sp³-hybridized carbons (Fsp3) is 0.235. The van der Waals surface area contributed by atoms with Crippen molar-refractivity contribution in [1.29, 1.82) is 0 Å². The van der Waals surface area contributed by atoms with Gasteiger partial charge in [-0.25, -0.2) is 13.4 Å². The molecule has 0 aliphatic carbocycles. The molecular weight excluding hydrogens is 356 g/mol. The number of nitrogens with one attached hydrogen (secondary N) is 1. The van der Waals surface area contributed by atoms with Crippen LogP contribution < -0.4 is 10.1 Å². The third-order valence-electron chi connectivity index (χ3n) is 3.78. The Labute approximate surface area is 151 Å². The van der Waals surface area contributed by atoms with Crippen LogP contribution in [0.3, 0.4) is 0 Å². The maximum Gasteiger partial charge on any atom is 0.243 e. The van der Waals surface area contributed by atoms with Crippen molar-refractivity contribution in [2.24, 2.45) is 0 Å². The van der Waals surface area contributed by atoms with Gasteiger partial charge in [-0.15, -0.1) is 0 Å². The lowest BCUT2D eigenvalue weighted by Crippen LogP contribution is -2.60. The van der Waals surface area contributed by atoms with E-state index in [2.05, 4.69) is 21.9 Å². The van der Waals surface area contributed by atoms with Gasteiger partial charge < -0.3 is 10.1 Å². The molecular formula is C17H18N4O4S. The van der Waals surface area contributed by atoms with Gasteiger partial charge in [-0.3, -0.25) is 9.78 Å². The summed E-state index contributed by atoms with van der Waals surface area (Å²) in [6.45, 7) is 5.59. The van der Waals surface area contributed by atoms with Crippen LogP contribution in [0.1, 0.15) is 5.69 Å². The normalized spacial score (nSPS) is 15.1. The first-order valence-electron chi connectivity index (χ1n) is 7.88. The molecule has 0 radical (unpaired) electrons. The van der Waals surface area contributed by atoms with Gasteiger partial charge in [0.05, 0.1) is 22.8 Å². The Morgan fingerprint density at radius 3 is 2.85 bits per heavy atom. The molecule has 2 heterocycles. The molecule has 0 bridgehead atoms. The first kappa shape index (κ1) is 18.0. The standard InChI is InChI=1S/C17H18N4O4S/c1-3-16(22)20-13-10-21(11-13)26(23,24)15-6-4-5-14(7-15)25-17-9-18-8-12(2)19-17/h3-9,13H,1,10-11H2,2H3,(H,20,22). The van der Waals surface area contributed by atoms with E-state index in [1.54, 1.807) is 25.3 Å². The number of carbonyl (C=O) groups excluding carboxylic acids is 1. The van der Waals surface area contributed by atoms with E-state index in [0.717, 1.165) is 6.08 Å². The lowest BCUT2D eigenvalue weighted by atomic mass is 10.2. The first-order valence-corrected chi connectivity index (χ1v) is 9.32. The molecule has 1 saturated heterocycles. The highest BCUT2D eigenvalue weighted by Gasteiger charge is 2.37. The molecule has 1 aliphatic heterocycles. The van der Waals surface area contributed by atoms with Crippen LogP contribution >= 0.6 is 0 Å². The van der Waals surface area contributed by atoms with E-state index in [0.29, 0.717) is 11.4 Å². The number of aromatic nitrogens is 2. The van der Waals surface area contributed by atoms with Gasteiger partial charge in [-0.2, -0.15) is 4.31 Å². The molecule has 1 fully saturated rings. The minimum atomic E-state index is -3.66. The Balaban J connectivity index is 1.71. The molecule has 0 saturated carbocycles. The summed E-state index contributed by atoms with van der Waals surface area (Å²) in [5, 5.41) is 2.67. The number of rotatable bonds is 6. The summed E-state index contributed by atoms with van der Waals surface area (Å²) < 4.78 is 32.3. The number of hydrogen-bond acceptors (Lipinski definition) is 6. The number of hydrogen-bond donors (Lipinski definition) is 1. The molecule has 9 heteroatoms. The van der Waals surface area contributed by atoms with Crippen molar-refractivity contribution in [3.63, 3.8) is 0 Å². The summed E-state index contributed by atoms with van der Waals surface area (Å²) in [6, 6.07) is 5.97. The summed E-state index contributed by atoms with van der Waals surface area (Å²) in [5.41, 5.74) is 0.694. The van der Waals surface area contributed by atoms with E-state index < -0.39 is 10.0 Å². The summed E-state index contributed by atoms with van der Waals surface area (Å²) >= 11 is 0. The number of benzene rings is 1. The maximum absolute atomic E-state index is 12.7. The van der Waals surface area contributed by atoms with E-state index in [-0.39, 0.29) is 35.8 Å². The monoisotopic (exact) mass is 374 g/mol. The van der Waals surface area contributed by atoms with Gasteiger partial charge in [0.1, 0.15) is 5.75 Å². The predicted octanol–water partition coefficient (Wildman–Crippen LogP) is 1.25. The van der Waals surface area contributed by atoms with E-state index in [9.17, 15) is 13.2 Å². The maximum atomic E-state index is 12.7. The fourth-order valence-electron chi connectivity index (χ4n) is 2.44. The SMILES string of the molecule is C=CC(=O)NC1CN(S(=O)(=O)c2cccc(Oc3cncc(C)n3)c2)C1. The summed E-state index contributed by atoms with van der Waals surface area (Å²) in [4.78, 5) is 19.5. The third kappa shape index (κ3) is 3.89. The van der Waals surface area contributed by atoms with Crippen molar-refractivity contribution in [3.05, 3.63) is 55.0 Å². The first-order chi connectivity index (χ1) is 12.4. The topological polar surface area (TPSA) is 101 Å². The quantitative estimate of drug-likeness (QED) is 0.764. The highest BCUT2D eigenvalue weighted by Crippen LogP contribution is 2.26. The summed E-state index contributed by atoms with van der Waals surface area (Å²) in [7, 11) is -3.66. The molecule has 0 unspecified atom stereocenters. The zero-order chi connectivity index (χ0) is 18.7.